The minimum absolute atomic E-state index is 0.522. The number of hydrogen-bond donors (Lipinski definition) is 0. The average Bonchev–Trinajstić information content (AvgIpc) is 2.44. The Kier molecular flexibility index (Phi) is 4.78. The van der Waals surface area contributed by atoms with E-state index in [2.05, 4.69) is 19.9 Å². The normalized spacial score (nSPS) is 22.0. The van der Waals surface area contributed by atoms with Gasteiger partial charge in [-0.15, -0.1) is 0 Å². The van der Waals surface area contributed by atoms with Crippen LogP contribution in [-0.2, 0) is 20.2 Å². The van der Waals surface area contributed by atoms with Gasteiger partial charge in [-0.05, 0) is 29.8 Å². The highest BCUT2D eigenvalue weighted by Crippen LogP contribution is 2.34. The van der Waals surface area contributed by atoms with Crippen LogP contribution >= 0.6 is 0 Å². The van der Waals surface area contributed by atoms with E-state index < -0.39 is 14.3 Å². The lowest BCUT2D eigenvalue weighted by atomic mass is 10.0. The molecule has 5 heteroatoms. The molecule has 0 N–H and O–H groups in total. The summed E-state index contributed by atoms with van der Waals surface area (Å²) < 4.78 is 23.2. The van der Waals surface area contributed by atoms with E-state index in [4.69, 9.17) is 18.3 Å². The Morgan fingerprint density at radius 1 is 1.29 bits per heavy atom. The molecule has 0 amide bonds. The van der Waals surface area contributed by atoms with Gasteiger partial charge in [0.05, 0.1) is 6.61 Å². The van der Waals surface area contributed by atoms with Gasteiger partial charge in [-0.2, -0.15) is 0 Å². The predicted molar refractivity (Wildman–Crippen MR) is 85.0 cm³/mol. The van der Waals surface area contributed by atoms with Gasteiger partial charge in [-0.25, -0.2) is 0 Å². The van der Waals surface area contributed by atoms with Gasteiger partial charge in [0.2, 0.25) is 5.79 Å². The van der Waals surface area contributed by atoms with Crippen molar-refractivity contribution in [3.05, 3.63) is 23.8 Å². The van der Waals surface area contributed by atoms with Crippen LogP contribution in [0.1, 0.15) is 32.8 Å². The molecule has 4 nitrogen and oxygen atoms in total. The van der Waals surface area contributed by atoms with Crippen molar-refractivity contribution in [3.63, 3.8) is 0 Å². The molecule has 0 saturated carbocycles. The summed E-state index contributed by atoms with van der Waals surface area (Å²) in [5.41, 5.74) is 1.06. The molecule has 21 heavy (non-hydrogen) atoms. The average molecular weight is 310 g/mol. The van der Waals surface area contributed by atoms with Crippen LogP contribution in [0, 0.1) is 5.92 Å². The molecule has 1 aliphatic rings. The van der Waals surface area contributed by atoms with E-state index in [0.29, 0.717) is 12.5 Å². The lowest BCUT2D eigenvalue weighted by Gasteiger charge is -2.37. The van der Waals surface area contributed by atoms with Crippen molar-refractivity contribution in [3.8, 4) is 5.75 Å². The zero-order valence-electron chi connectivity index (χ0n) is 13.9. The molecule has 1 unspecified atom stereocenters. The molecule has 0 saturated heterocycles. The SMILES string of the molecule is CO[Si](C)(OC)c1ccc2c(c1)COC(C)(CC(C)C)O2. The molecule has 0 radical (unpaired) electrons. The largest absolute Gasteiger partial charge is 0.462 e. The summed E-state index contributed by atoms with van der Waals surface area (Å²) in [5, 5.41) is 1.09. The van der Waals surface area contributed by atoms with Gasteiger partial charge < -0.3 is 18.3 Å². The highest BCUT2D eigenvalue weighted by atomic mass is 28.4. The van der Waals surface area contributed by atoms with Gasteiger partial charge >= 0.3 is 8.56 Å². The summed E-state index contributed by atoms with van der Waals surface area (Å²) in [6, 6.07) is 6.14. The van der Waals surface area contributed by atoms with Gasteiger partial charge in [0.25, 0.3) is 0 Å². The monoisotopic (exact) mass is 310 g/mol. The van der Waals surface area contributed by atoms with E-state index in [1.807, 2.05) is 25.6 Å². The first-order valence-corrected chi connectivity index (χ1v) is 9.70. The van der Waals surface area contributed by atoms with Gasteiger partial charge in [0.15, 0.2) is 0 Å². The minimum atomic E-state index is -2.31. The van der Waals surface area contributed by atoms with Crippen LogP contribution < -0.4 is 9.92 Å². The van der Waals surface area contributed by atoms with E-state index >= 15 is 0 Å². The Balaban J connectivity index is 2.25. The summed E-state index contributed by atoms with van der Waals surface area (Å²) in [6.07, 6.45) is 0.872. The second kappa shape index (κ2) is 6.08. The molecule has 118 valence electrons. The van der Waals surface area contributed by atoms with Crippen molar-refractivity contribution in [1.29, 1.82) is 0 Å². The molecule has 0 aromatic heterocycles. The van der Waals surface area contributed by atoms with Crippen LogP contribution in [0.25, 0.3) is 0 Å². The van der Waals surface area contributed by atoms with Crippen LogP contribution in [0.5, 0.6) is 5.75 Å². The van der Waals surface area contributed by atoms with Crippen molar-refractivity contribution >= 4 is 13.7 Å². The second-order valence-corrected chi connectivity index (χ2v) is 9.58. The van der Waals surface area contributed by atoms with Gasteiger partial charge in [0.1, 0.15) is 5.75 Å². The van der Waals surface area contributed by atoms with E-state index in [0.717, 1.165) is 22.9 Å². The standard InChI is InChI=1S/C16H26O4Si/c1-12(2)10-16(3)19-11-13-9-14(7-8-15(13)20-16)21(6,17-4)18-5/h7-9,12H,10-11H2,1-6H3. The Morgan fingerprint density at radius 2 is 1.95 bits per heavy atom. The topological polar surface area (TPSA) is 36.9 Å². The fourth-order valence-electron chi connectivity index (χ4n) is 2.73. The van der Waals surface area contributed by atoms with Crippen molar-refractivity contribution in [2.75, 3.05) is 14.2 Å². The molecule has 1 aromatic carbocycles. The molecule has 1 aromatic rings. The van der Waals surface area contributed by atoms with E-state index in [9.17, 15) is 0 Å². The minimum Gasteiger partial charge on any atom is -0.462 e. The fourth-order valence-corrected chi connectivity index (χ4v) is 4.19. The van der Waals surface area contributed by atoms with Crippen LogP contribution in [0.15, 0.2) is 18.2 Å². The van der Waals surface area contributed by atoms with Crippen molar-refractivity contribution in [2.24, 2.45) is 5.92 Å². The van der Waals surface area contributed by atoms with Crippen molar-refractivity contribution < 1.29 is 18.3 Å². The number of rotatable bonds is 5. The van der Waals surface area contributed by atoms with E-state index in [1.165, 1.54) is 0 Å². The molecule has 2 rings (SSSR count). The van der Waals surface area contributed by atoms with Gasteiger partial charge in [-0.3, -0.25) is 0 Å². The lowest BCUT2D eigenvalue weighted by molar-refractivity contribution is -0.202. The van der Waals surface area contributed by atoms with Gasteiger partial charge in [0, 0.05) is 33.1 Å². The highest BCUT2D eigenvalue weighted by Gasteiger charge is 2.36. The number of ether oxygens (including phenoxy) is 2. The molecule has 0 bridgehead atoms. The molecule has 1 heterocycles. The predicted octanol–water partition coefficient (Wildman–Crippen LogP) is 2.93. The number of fused-ring (bicyclic) bond motifs is 1. The van der Waals surface area contributed by atoms with Crippen molar-refractivity contribution in [2.45, 2.75) is 46.1 Å². The molecular weight excluding hydrogens is 284 g/mol. The maximum atomic E-state index is 6.08. The maximum Gasteiger partial charge on any atom is 0.368 e. The van der Waals surface area contributed by atoms with Crippen molar-refractivity contribution in [1.82, 2.24) is 0 Å². The molecule has 0 aliphatic carbocycles. The zero-order valence-corrected chi connectivity index (χ0v) is 14.9. The van der Waals surface area contributed by atoms with Crippen LogP contribution in [0.3, 0.4) is 0 Å². The smallest absolute Gasteiger partial charge is 0.368 e. The summed E-state index contributed by atoms with van der Waals surface area (Å²) in [4.78, 5) is 0. The van der Waals surface area contributed by atoms with Gasteiger partial charge in [-0.1, -0.05) is 19.9 Å². The van der Waals surface area contributed by atoms with E-state index in [-0.39, 0.29) is 0 Å². The summed E-state index contributed by atoms with van der Waals surface area (Å²) in [5.74, 6) is 0.886. The highest BCUT2D eigenvalue weighted by molar-refractivity contribution is 6.79. The molecule has 0 spiro atoms. The van der Waals surface area contributed by atoms with Crippen LogP contribution in [0.4, 0.5) is 0 Å². The van der Waals surface area contributed by atoms with E-state index in [1.54, 1.807) is 14.2 Å². The lowest BCUT2D eigenvalue weighted by Crippen LogP contribution is -2.50. The maximum absolute atomic E-state index is 6.08. The Hall–Kier alpha value is -0.883. The Labute approximate surface area is 128 Å². The first-order valence-electron chi connectivity index (χ1n) is 7.38. The number of hydrogen-bond acceptors (Lipinski definition) is 4. The third-order valence-corrected chi connectivity index (χ3v) is 6.92. The Bertz CT molecular complexity index is 499. The third kappa shape index (κ3) is 3.48. The molecule has 0 fully saturated rings. The van der Waals surface area contributed by atoms with Crippen LogP contribution in [-0.4, -0.2) is 28.6 Å². The number of benzene rings is 1. The molecule has 1 atom stereocenters. The summed E-state index contributed by atoms with van der Waals surface area (Å²) in [7, 11) is 1.09. The fraction of sp³-hybridized carbons (Fsp3) is 0.625. The zero-order chi connectivity index (χ0) is 15.7. The Morgan fingerprint density at radius 3 is 2.52 bits per heavy atom. The van der Waals surface area contributed by atoms with Crippen LogP contribution in [0.2, 0.25) is 6.55 Å². The molecular formula is C16H26O4Si. The summed E-state index contributed by atoms with van der Waals surface area (Å²) >= 11 is 0. The summed E-state index contributed by atoms with van der Waals surface area (Å²) in [6.45, 7) is 8.94. The second-order valence-electron chi connectivity index (χ2n) is 6.30. The molecule has 1 aliphatic heterocycles. The first kappa shape index (κ1) is 16.5. The first-order chi connectivity index (χ1) is 9.82. The quantitative estimate of drug-likeness (QED) is 0.784. The third-order valence-electron chi connectivity index (χ3n) is 4.00.